The molecule has 160 valence electrons. The number of fused-ring (bicyclic) bond motifs is 3. The maximum Gasteiger partial charge on any atom is 0.329 e. The number of carbonyl (C=O) groups is 1. The van der Waals surface area contributed by atoms with Crippen LogP contribution in [0.15, 0.2) is 70.4 Å². The fraction of sp³-hybridized carbons (Fsp3) is 0.167. The summed E-state index contributed by atoms with van der Waals surface area (Å²) in [5.74, 6) is 0.963. The molecule has 0 saturated heterocycles. The molecule has 5 rings (SSSR count). The fourth-order valence-electron chi connectivity index (χ4n) is 4.00. The van der Waals surface area contributed by atoms with Crippen LogP contribution in [0.1, 0.15) is 40.9 Å². The van der Waals surface area contributed by atoms with E-state index in [4.69, 9.17) is 4.74 Å². The van der Waals surface area contributed by atoms with Gasteiger partial charge in [0.1, 0.15) is 17.1 Å². The number of nitrogens with one attached hydrogen (secondary N) is 2. The van der Waals surface area contributed by atoms with Gasteiger partial charge in [0.25, 0.3) is 11.5 Å². The standard InChI is InChI=1S/C24H20N4O4/c1-2-11-28-21-17(23(30)27-24(28)31)12-14(13-25-21)22(29)26-20-15-7-3-5-9-18(15)32-19-10-6-4-8-16(19)20/h3-10,12-13,20H,2,11H2,1H3,(H,26,29)(H,27,30,31). The van der Waals surface area contributed by atoms with Crippen molar-refractivity contribution in [2.45, 2.75) is 25.9 Å². The zero-order valence-electron chi connectivity index (χ0n) is 17.3. The quantitative estimate of drug-likeness (QED) is 0.520. The number of para-hydroxylation sites is 2. The van der Waals surface area contributed by atoms with Crippen molar-refractivity contribution in [2.24, 2.45) is 0 Å². The van der Waals surface area contributed by atoms with Crippen LogP contribution < -0.4 is 21.3 Å². The molecular formula is C24H20N4O4. The van der Waals surface area contributed by atoms with Gasteiger partial charge in [-0.05, 0) is 24.6 Å². The molecule has 0 aliphatic carbocycles. The lowest BCUT2D eigenvalue weighted by Gasteiger charge is -2.28. The van der Waals surface area contributed by atoms with Gasteiger partial charge in [0.15, 0.2) is 0 Å². The number of aromatic amines is 1. The van der Waals surface area contributed by atoms with Crippen molar-refractivity contribution in [3.63, 3.8) is 0 Å². The minimum atomic E-state index is -0.568. The van der Waals surface area contributed by atoms with Crippen LogP contribution in [0.3, 0.4) is 0 Å². The van der Waals surface area contributed by atoms with Crippen LogP contribution in [0.4, 0.5) is 0 Å². The molecule has 2 N–H and O–H groups in total. The zero-order valence-corrected chi connectivity index (χ0v) is 17.3. The van der Waals surface area contributed by atoms with Gasteiger partial charge >= 0.3 is 5.69 Å². The second-order valence-electron chi connectivity index (χ2n) is 7.59. The molecule has 1 aliphatic heterocycles. The Balaban J connectivity index is 1.55. The largest absolute Gasteiger partial charge is 0.457 e. The van der Waals surface area contributed by atoms with E-state index in [0.29, 0.717) is 24.5 Å². The molecule has 32 heavy (non-hydrogen) atoms. The molecule has 4 aromatic rings. The highest BCUT2D eigenvalue weighted by Crippen LogP contribution is 2.42. The summed E-state index contributed by atoms with van der Waals surface area (Å²) in [6.45, 7) is 2.34. The second-order valence-corrected chi connectivity index (χ2v) is 7.59. The molecule has 1 aliphatic rings. The van der Waals surface area contributed by atoms with Crippen molar-refractivity contribution in [3.8, 4) is 11.5 Å². The number of carbonyl (C=O) groups excluding carboxylic acids is 1. The van der Waals surface area contributed by atoms with Gasteiger partial charge in [0.05, 0.1) is 17.0 Å². The van der Waals surface area contributed by atoms with Crippen LogP contribution in [0.5, 0.6) is 11.5 Å². The van der Waals surface area contributed by atoms with Crippen LogP contribution in [0.2, 0.25) is 0 Å². The Morgan fingerprint density at radius 1 is 1.09 bits per heavy atom. The first-order chi connectivity index (χ1) is 15.6. The smallest absolute Gasteiger partial charge is 0.329 e. The van der Waals surface area contributed by atoms with Crippen LogP contribution in [0, 0.1) is 0 Å². The first-order valence-electron chi connectivity index (χ1n) is 10.4. The molecule has 2 aromatic carbocycles. The number of amides is 1. The summed E-state index contributed by atoms with van der Waals surface area (Å²) in [6, 6.07) is 16.1. The molecule has 8 heteroatoms. The van der Waals surface area contributed by atoms with Crippen LogP contribution >= 0.6 is 0 Å². The van der Waals surface area contributed by atoms with Crippen LogP contribution in [-0.4, -0.2) is 20.4 Å². The third-order valence-electron chi connectivity index (χ3n) is 5.50. The summed E-state index contributed by atoms with van der Waals surface area (Å²) in [5, 5.41) is 3.24. The molecule has 8 nitrogen and oxygen atoms in total. The average molecular weight is 428 g/mol. The fourth-order valence-corrected chi connectivity index (χ4v) is 4.00. The highest BCUT2D eigenvalue weighted by molar-refractivity contribution is 5.97. The first-order valence-corrected chi connectivity index (χ1v) is 10.4. The molecular weight excluding hydrogens is 408 g/mol. The number of hydrogen-bond donors (Lipinski definition) is 2. The molecule has 0 fully saturated rings. The summed E-state index contributed by atoms with van der Waals surface area (Å²) in [5.41, 5.74) is 1.08. The van der Waals surface area contributed by atoms with Gasteiger partial charge in [0, 0.05) is 23.9 Å². The number of nitrogens with zero attached hydrogens (tertiary/aromatic N) is 2. The summed E-state index contributed by atoms with van der Waals surface area (Å²) in [7, 11) is 0. The Kier molecular flexibility index (Phi) is 4.82. The first kappa shape index (κ1) is 19.7. The molecule has 2 aromatic heterocycles. The summed E-state index contributed by atoms with van der Waals surface area (Å²) in [6.07, 6.45) is 2.09. The Morgan fingerprint density at radius 2 is 1.75 bits per heavy atom. The maximum atomic E-state index is 13.2. The normalized spacial score (nSPS) is 12.7. The van der Waals surface area contributed by atoms with E-state index < -0.39 is 17.3 Å². The molecule has 0 atom stereocenters. The molecule has 0 radical (unpaired) electrons. The SMILES string of the molecule is CCCn1c(=O)[nH]c(=O)c2cc(C(=O)NC3c4ccccc4Oc4ccccc43)cnc21. The van der Waals surface area contributed by atoms with E-state index in [1.807, 2.05) is 55.5 Å². The van der Waals surface area contributed by atoms with Gasteiger partial charge in [-0.3, -0.25) is 19.1 Å². The Bertz CT molecular complexity index is 1430. The van der Waals surface area contributed by atoms with E-state index in [2.05, 4.69) is 15.3 Å². The van der Waals surface area contributed by atoms with Crippen molar-refractivity contribution in [1.29, 1.82) is 0 Å². The van der Waals surface area contributed by atoms with Crippen LogP contribution in [0.25, 0.3) is 11.0 Å². The van der Waals surface area contributed by atoms with Crippen molar-refractivity contribution >= 4 is 16.9 Å². The average Bonchev–Trinajstić information content (AvgIpc) is 2.81. The maximum absolute atomic E-state index is 13.2. The molecule has 3 heterocycles. The molecule has 0 spiro atoms. The number of pyridine rings is 1. The molecule has 0 saturated carbocycles. The third kappa shape index (κ3) is 3.26. The summed E-state index contributed by atoms with van der Waals surface area (Å²) >= 11 is 0. The van der Waals surface area contributed by atoms with E-state index in [0.717, 1.165) is 11.1 Å². The number of hydrogen-bond acceptors (Lipinski definition) is 5. The minimum absolute atomic E-state index is 0.193. The zero-order chi connectivity index (χ0) is 22.2. The summed E-state index contributed by atoms with van der Waals surface area (Å²) in [4.78, 5) is 44.3. The number of ether oxygens (including phenoxy) is 1. The van der Waals surface area contributed by atoms with Crippen molar-refractivity contribution < 1.29 is 9.53 Å². The lowest BCUT2D eigenvalue weighted by Crippen LogP contribution is -2.33. The van der Waals surface area contributed by atoms with Gasteiger partial charge in [-0.2, -0.15) is 0 Å². The van der Waals surface area contributed by atoms with Crippen molar-refractivity contribution in [3.05, 3.63) is 98.3 Å². The minimum Gasteiger partial charge on any atom is -0.457 e. The molecule has 1 amide bonds. The topological polar surface area (TPSA) is 106 Å². The van der Waals surface area contributed by atoms with Crippen LogP contribution in [-0.2, 0) is 6.54 Å². The van der Waals surface area contributed by atoms with Crippen molar-refractivity contribution in [2.75, 3.05) is 0 Å². The number of H-pyrrole nitrogens is 1. The Hall–Kier alpha value is -4.20. The van der Waals surface area contributed by atoms with Gasteiger partial charge in [-0.25, -0.2) is 9.78 Å². The predicted molar refractivity (Wildman–Crippen MR) is 119 cm³/mol. The van der Waals surface area contributed by atoms with E-state index >= 15 is 0 Å². The highest BCUT2D eigenvalue weighted by atomic mass is 16.5. The summed E-state index contributed by atoms with van der Waals surface area (Å²) < 4.78 is 7.38. The van der Waals surface area contributed by atoms with E-state index in [1.54, 1.807) is 0 Å². The number of benzene rings is 2. The number of aryl methyl sites for hydroxylation is 1. The lowest BCUT2D eigenvalue weighted by atomic mass is 9.94. The van der Waals surface area contributed by atoms with E-state index in [1.165, 1.54) is 16.8 Å². The Labute approximate surface area is 182 Å². The number of aromatic nitrogens is 3. The van der Waals surface area contributed by atoms with Crippen molar-refractivity contribution in [1.82, 2.24) is 19.9 Å². The van der Waals surface area contributed by atoms with E-state index in [-0.39, 0.29) is 22.5 Å². The Morgan fingerprint density at radius 3 is 2.41 bits per heavy atom. The number of rotatable bonds is 4. The van der Waals surface area contributed by atoms with E-state index in [9.17, 15) is 14.4 Å². The second kappa shape index (κ2) is 7.81. The highest BCUT2D eigenvalue weighted by Gasteiger charge is 2.28. The van der Waals surface area contributed by atoms with Gasteiger partial charge in [0.2, 0.25) is 0 Å². The van der Waals surface area contributed by atoms with Gasteiger partial charge in [-0.15, -0.1) is 0 Å². The third-order valence-corrected chi connectivity index (χ3v) is 5.50. The molecule has 0 unspecified atom stereocenters. The monoisotopic (exact) mass is 428 g/mol. The van der Waals surface area contributed by atoms with Gasteiger partial charge < -0.3 is 10.1 Å². The molecule has 0 bridgehead atoms. The lowest BCUT2D eigenvalue weighted by molar-refractivity contribution is 0.0941. The predicted octanol–water partition coefficient (Wildman–Crippen LogP) is 3.12. The van der Waals surface area contributed by atoms with Gasteiger partial charge in [-0.1, -0.05) is 43.3 Å².